The summed E-state index contributed by atoms with van der Waals surface area (Å²) in [6.07, 6.45) is 6.95. The van der Waals surface area contributed by atoms with E-state index in [1.54, 1.807) is 18.4 Å². The van der Waals surface area contributed by atoms with Gasteiger partial charge in [-0.15, -0.1) is 0 Å². The van der Waals surface area contributed by atoms with Gasteiger partial charge in [-0.2, -0.15) is 0 Å². The maximum absolute atomic E-state index is 11.8. The molecule has 0 unspecified atom stereocenters. The summed E-state index contributed by atoms with van der Waals surface area (Å²) < 4.78 is 5.09. The zero-order valence-electron chi connectivity index (χ0n) is 8.87. The van der Waals surface area contributed by atoms with Gasteiger partial charge in [-0.25, -0.2) is 0 Å². The highest BCUT2D eigenvalue weighted by molar-refractivity contribution is 5.93. The summed E-state index contributed by atoms with van der Waals surface area (Å²) in [5, 5.41) is 3.41. The molecule has 0 radical (unpaired) electrons. The van der Waals surface area contributed by atoms with Gasteiger partial charge >= 0.3 is 0 Å². The van der Waals surface area contributed by atoms with Crippen LogP contribution in [0.25, 0.3) is 0 Å². The van der Waals surface area contributed by atoms with Crippen molar-refractivity contribution in [2.75, 3.05) is 6.54 Å². The lowest BCUT2D eigenvalue weighted by molar-refractivity contribution is 0.0941. The van der Waals surface area contributed by atoms with Crippen LogP contribution in [0.2, 0.25) is 0 Å². The zero-order valence-corrected chi connectivity index (χ0v) is 8.87. The van der Waals surface area contributed by atoms with Crippen molar-refractivity contribution in [3.05, 3.63) is 24.2 Å². The first-order chi connectivity index (χ1) is 7.36. The van der Waals surface area contributed by atoms with Crippen LogP contribution in [0, 0.1) is 0 Å². The Bertz CT molecular complexity index is 297. The normalized spacial score (nSPS) is 22.3. The SMILES string of the molecule is O=C(C[C@H]1CCCCCN1)c1ccco1. The number of Topliss-reactive ketones (excluding diaryl/α,β-unsaturated/α-hetero) is 1. The van der Waals surface area contributed by atoms with E-state index >= 15 is 0 Å². The van der Waals surface area contributed by atoms with E-state index < -0.39 is 0 Å². The highest BCUT2D eigenvalue weighted by Gasteiger charge is 2.17. The Labute approximate surface area is 89.9 Å². The molecule has 2 rings (SSSR count). The predicted molar refractivity (Wildman–Crippen MR) is 57.9 cm³/mol. The number of hydrogen-bond acceptors (Lipinski definition) is 3. The lowest BCUT2D eigenvalue weighted by Gasteiger charge is -2.13. The van der Waals surface area contributed by atoms with Crippen molar-refractivity contribution in [3.8, 4) is 0 Å². The fourth-order valence-corrected chi connectivity index (χ4v) is 2.04. The first-order valence-corrected chi connectivity index (χ1v) is 5.66. The van der Waals surface area contributed by atoms with Crippen molar-refractivity contribution in [2.45, 2.75) is 38.1 Å². The highest BCUT2D eigenvalue weighted by Crippen LogP contribution is 2.14. The largest absolute Gasteiger partial charge is 0.461 e. The second-order valence-electron chi connectivity index (χ2n) is 4.10. The number of nitrogens with one attached hydrogen (secondary N) is 1. The van der Waals surface area contributed by atoms with Crippen LogP contribution in [0.15, 0.2) is 22.8 Å². The number of hydrogen-bond donors (Lipinski definition) is 1. The van der Waals surface area contributed by atoms with Gasteiger partial charge in [0.05, 0.1) is 6.26 Å². The molecule has 0 bridgehead atoms. The van der Waals surface area contributed by atoms with Crippen LogP contribution in [0.3, 0.4) is 0 Å². The molecule has 0 spiro atoms. The van der Waals surface area contributed by atoms with Crippen molar-refractivity contribution in [2.24, 2.45) is 0 Å². The average Bonchev–Trinajstić information content (AvgIpc) is 2.65. The first-order valence-electron chi connectivity index (χ1n) is 5.66. The highest BCUT2D eigenvalue weighted by atomic mass is 16.3. The standard InChI is InChI=1S/C12H17NO2/c14-11(12-6-4-8-15-12)9-10-5-2-1-3-7-13-10/h4,6,8,10,13H,1-3,5,7,9H2/t10-/m1/s1. The molecule has 1 fully saturated rings. The number of carbonyl (C=O) groups excluding carboxylic acids is 1. The summed E-state index contributed by atoms with van der Waals surface area (Å²) in [6, 6.07) is 3.83. The molecule has 82 valence electrons. The van der Waals surface area contributed by atoms with E-state index in [4.69, 9.17) is 4.42 Å². The third-order valence-corrected chi connectivity index (χ3v) is 2.89. The topological polar surface area (TPSA) is 42.2 Å². The third kappa shape index (κ3) is 2.93. The van der Waals surface area contributed by atoms with Gasteiger partial charge in [0.15, 0.2) is 11.5 Å². The molecule has 1 saturated heterocycles. The molecule has 2 heterocycles. The Kier molecular flexibility index (Phi) is 3.56. The average molecular weight is 207 g/mol. The molecular weight excluding hydrogens is 190 g/mol. The second-order valence-corrected chi connectivity index (χ2v) is 4.10. The molecule has 1 N–H and O–H groups in total. The molecular formula is C12H17NO2. The lowest BCUT2D eigenvalue weighted by Crippen LogP contribution is -2.30. The smallest absolute Gasteiger partial charge is 0.199 e. The quantitative estimate of drug-likeness (QED) is 0.774. The maximum Gasteiger partial charge on any atom is 0.199 e. The minimum Gasteiger partial charge on any atom is -0.461 e. The molecule has 0 saturated carbocycles. The van der Waals surface area contributed by atoms with E-state index in [1.165, 1.54) is 19.3 Å². The Morgan fingerprint density at radius 3 is 3.20 bits per heavy atom. The van der Waals surface area contributed by atoms with Crippen LogP contribution < -0.4 is 5.32 Å². The maximum atomic E-state index is 11.8. The molecule has 3 heteroatoms. The molecule has 1 atom stereocenters. The third-order valence-electron chi connectivity index (χ3n) is 2.89. The fraction of sp³-hybridized carbons (Fsp3) is 0.583. The van der Waals surface area contributed by atoms with Crippen molar-refractivity contribution < 1.29 is 9.21 Å². The van der Waals surface area contributed by atoms with Crippen LogP contribution in [-0.2, 0) is 0 Å². The number of furan rings is 1. The van der Waals surface area contributed by atoms with Crippen LogP contribution >= 0.6 is 0 Å². The van der Waals surface area contributed by atoms with Crippen molar-refractivity contribution in [3.63, 3.8) is 0 Å². The van der Waals surface area contributed by atoms with Gasteiger partial charge in [-0.05, 0) is 31.5 Å². The molecule has 0 aromatic carbocycles. The predicted octanol–water partition coefficient (Wildman–Crippen LogP) is 2.38. The van der Waals surface area contributed by atoms with E-state index in [-0.39, 0.29) is 5.78 Å². The summed E-state index contributed by atoms with van der Waals surface area (Å²) in [7, 11) is 0. The van der Waals surface area contributed by atoms with Gasteiger partial charge in [0.25, 0.3) is 0 Å². The molecule has 1 aliphatic heterocycles. The fourth-order valence-electron chi connectivity index (χ4n) is 2.04. The van der Waals surface area contributed by atoms with E-state index in [2.05, 4.69) is 5.32 Å². The van der Waals surface area contributed by atoms with Gasteiger partial charge < -0.3 is 9.73 Å². The van der Waals surface area contributed by atoms with E-state index in [0.29, 0.717) is 18.2 Å². The van der Waals surface area contributed by atoms with E-state index in [0.717, 1.165) is 13.0 Å². The van der Waals surface area contributed by atoms with Crippen LogP contribution in [0.1, 0.15) is 42.7 Å². The van der Waals surface area contributed by atoms with Gasteiger partial charge in [-0.1, -0.05) is 12.8 Å². The van der Waals surface area contributed by atoms with Gasteiger partial charge in [0.2, 0.25) is 0 Å². The zero-order chi connectivity index (χ0) is 10.5. The molecule has 0 aliphatic carbocycles. The van der Waals surface area contributed by atoms with Gasteiger partial charge in [-0.3, -0.25) is 4.79 Å². The number of rotatable bonds is 3. The molecule has 3 nitrogen and oxygen atoms in total. The van der Waals surface area contributed by atoms with Crippen LogP contribution in [-0.4, -0.2) is 18.4 Å². The number of ketones is 1. The molecule has 1 aromatic rings. The summed E-state index contributed by atoms with van der Waals surface area (Å²) in [6.45, 7) is 1.04. The Morgan fingerprint density at radius 1 is 1.47 bits per heavy atom. The summed E-state index contributed by atoms with van der Waals surface area (Å²) in [5.41, 5.74) is 0. The van der Waals surface area contributed by atoms with Crippen LogP contribution in [0.5, 0.6) is 0 Å². The molecule has 1 aromatic heterocycles. The molecule has 1 aliphatic rings. The van der Waals surface area contributed by atoms with Crippen molar-refractivity contribution in [1.29, 1.82) is 0 Å². The lowest BCUT2D eigenvalue weighted by atomic mass is 10.0. The summed E-state index contributed by atoms with van der Waals surface area (Å²) in [5.74, 6) is 0.598. The Morgan fingerprint density at radius 2 is 2.40 bits per heavy atom. The monoisotopic (exact) mass is 207 g/mol. The van der Waals surface area contributed by atoms with Gasteiger partial charge in [0, 0.05) is 12.5 Å². The molecule has 0 amide bonds. The number of carbonyl (C=O) groups is 1. The summed E-state index contributed by atoms with van der Waals surface area (Å²) >= 11 is 0. The van der Waals surface area contributed by atoms with E-state index in [1.807, 2.05) is 0 Å². The Balaban J connectivity index is 1.87. The minimum absolute atomic E-state index is 0.111. The van der Waals surface area contributed by atoms with Gasteiger partial charge in [0.1, 0.15) is 0 Å². The minimum atomic E-state index is 0.111. The second kappa shape index (κ2) is 5.12. The first kappa shape index (κ1) is 10.4. The van der Waals surface area contributed by atoms with Crippen molar-refractivity contribution in [1.82, 2.24) is 5.32 Å². The molecule has 15 heavy (non-hydrogen) atoms. The summed E-state index contributed by atoms with van der Waals surface area (Å²) in [4.78, 5) is 11.8. The Hall–Kier alpha value is -1.09. The van der Waals surface area contributed by atoms with E-state index in [9.17, 15) is 4.79 Å². The van der Waals surface area contributed by atoms with Crippen LogP contribution in [0.4, 0.5) is 0 Å². The van der Waals surface area contributed by atoms with Crippen molar-refractivity contribution >= 4 is 5.78 Å².